The average molecular weight is 420 g/mol. The molecule has 0 N–H and O–H groups in total. The molecule has 4 nitrogen and oxygen atoms in total. The summed E-state index contributed by atoms with van der Waals surface area (Å²) in [6.45, 7) is 4.25. The maximum atomic E-state index is 12.4. The fourth-order valence-corrected chi connectivity index (χ4v) is 3.22. The first-order valence-corrected chi connectivity index (χ1v) is 9.54. The van der Waals surface area contributed by atoms with Gasteiger partial charge in [-0.15, -0.1) is 0 Å². The minimum atomic E-state index is -3.95. The van der Waals surface area contributed by atoms with Crippen LogP contribution in [0, 0.1) is 6.92 Å². The molecule has 0 radical (unpaired) electrons. The van der Waals surface area contributed by atoms with Crippen molar-refractivity contribution in [3.8, 4) is 11.5 Å². The summed E-state index contributed by atoms with van der Waals surface area (Å²) in [7, 11) is -3.95. The van der Waals surface area contributed by atoms with Crippen molar-refractivity contribution in [3.05, 3.63) is 51.5 Å². The van der Waals surface area contributed by atoms with Crippen LogP contribution >= 0.6 is 27.5 Å². The van der Waals surface area contributed by atoms with Crippen LogP contribution in [0.25, 0.3) is 0 Å². The van der Waals surface area contributed by atoms with E-state index in [2.05, 4.69) is 15.9 Å². The minimum Gasteiger partial charge on any atom is -0.492 e. The second-order valence-electron chi connectivity index (χ2n) is 4.89. The molecule has 0 aliphatic carbocycles. The Labute approximate surface area is 149 Å². The van der Waals surface area contributed by atoms with Gasteiger partial charge < -0.3 is 8.92 Å². The van der Waals surface area contributed by atoms with Gasteiger partial charge in [0.1, 0.15) is 16.4 Å². The number of rotatable bonds is 6. The van der Waals surface area contributed by atoms with E-state index in [1.807, 2.05) is 6.92 Å². The lowest BCUT2D eigenvalue weighted by molar-refractivity contribution is 0.314. The van der Waals surface area contributed by atoms with Crippen LogP contribution in [0.2, 0.25) is 5.02 Å². The van der Waals surface area contributed by atoms with E-state index in [1.54, 1.807) is 25.1 Å². The van der Waals surface area contributed by atoms with E-state index >= 15 is 0 Å². The van der Waals surface area contributed by atoms with Crippen LogP contribution in [0.1, 0.15) is 18.9 Å². The van der Waals surface area contributed by atoms with Crippen LogP contribution in [0.15, 0.2) is 45.8 Å². The zero-order valence-corrected chi connectivity index (χ0v) is 15.8. The Hall–Kier alpha value is -1.24. The molecule has 23 heavy (non-hydrogen) atoms. The fraction of sp³-hybridized carbons (Fsp3) is 0.250. The van der Waals surface area contributed by atoms with Crippen molar-refractivity contribution in [1.29, 1.82) is 0 Å². The molecule has 0 aliphatic rings. The van der Waals surface area contributed by atoms with Crippen LogP contribution in [-0.2, 0) is 10.1 Å². The zero-order chi connectivity index (χ0) is 17.0. The molecule has 0 amide bonds. The molecule has 0 heterocycles. The first-order chi connectivity index (χ1) is 10.8. The predicted octanol–water partition coefficient (Wildman–Crippen LogP) is 4.97. The van der Waals surface area contributed by atoms with Gasteiger partial charge in [0.05, 0.1) is 11.1 Å². The maximum Gasteiger partial charge on any atom is 0.339 e. The Balaban J connectivity index is 2.30. The van der Waals surface area contributed by atoms with Crippen LogP contribution in [0.4, 0.5) is 0 Å². The first-order valence-electron chi connectivity index (χ1n) is 6.96. The summed E-state index contributed by atoms with van der Waals surface area (Å²) in [6.07, 6.45) is 0.823. The van der Waals surface area contributed by atoms with Crippen molar-refractivity contribution in [1.82, 2.24) is 0 Å². The molecular weight excluding hydrogens is 404 g/mol. The van der Waals surface area contributed by atoms with Crippen LogP contribution in [0.3, 0.4) is 0 Å². The van der Waals surface area contributed by atoms with Crippen LogP contribution < -0.4 is 8.92 Å². The third kappa shape index (κ3) is 4.62. The second-order valence-corrected chi connectivity index (χ2v) is 7.70. The van der Waals surface area contributed by atoms with Gasteiger partial charge in [-0.1, -0.05) is 18.5 Å². The van der Waals surface area contributed by atoms with Gasteiger partial charge in [0.2, 0.25) is 0 Å². The Kier molecular flexibility index (Phi) is 5.95. The summed E-state index contributed by atoms with van der Waals surface area (Å²) < 4.78 is 36.2. The standard InChI is InChI=1S/C16H16BrClO4S/c1-3-8-21-16-10-13(5-6-14(16)17)23(19,20)22-12-4-7-15(18)11(2)9-12/h4-7,9-10H,3,8H2,1-2H3. The van der Waals surface area contributed by atoms with Crippen molar-refractivity contribution in [3.63, 3.8) is 0 Å². The van der Waals surface area contributed by atoms with Crippen molar-refractivity contribution in [2.24, 2.45) is 0 Å². The number of benzene rings is 2. The molecule has 124 valence electrons. The second kappa shape index (κ2) is 7.55. The summed E-state index contributed by atoms with van der Waals surface area (Å²) >= 11 is 9.27. The lowest BCUT2D eigenvalue weighted by Gasteiger charge is -2.11. The van der Waals surface area contributed by atoms with Gasteiger partial charge in [-0.05, 0) is 65.2 Å². The van der Waals surface area contributed by atoms with E-state index in [0.717, 1.165) is 12.0 Å². The highest BCUT2D eigenvalue weighted by Gasteiger charge is 2.19. The van der Waals surface area contributed by atoms with Gasteiger partial charge in [-0.25, -0.2) is 0 Å². The van der Waals surface area contributed by atoms with E-state index in [4.69, 9.17) is 20.5 Å². The Morgan fingerprint density at radius 3 is 2.57 bits per heavy atom. The molecule has 0 saturated carbocycles. The topological polar surface area (TPSA) is 52.6 Å². The van der Waals surface area contributed by atoms with Gasteiger partial charge >= 0.3 is 10.1 Å². The molecular formula is C16H16BrClO4S. The van der Waals surface area contributed by atoms with Crippen molar-refractivity contribution in [2.45, 2.75) is 25.2 Å². The number of ether oxygens (including phenoxy) is 1. The molecule has 2 aromatic rings. The van der Waals surface area contributed by atoms with Crippen LogP contribution in [-0.4, -0.2) is 15.0 Å². The van der Waals surface area contributed by atoms with Crippen molar-refractivity contribution in [2.75, 3.05) is 6.61 Å². The third-order valence-corrected chi connectivity index (χ3v) is 5.31. The molecule has 0 unspecified atom stereocenters. The maximum absolute atomic E-state index is 12.4. The van der Waals surface area contributed by atoms with Gasteiger partial charge in [0.15, 0.2) is 0 Å². The number of aryl methyl sites for hydroxylation is 1. The molecule has 0 aromatic heterocycles. The average Bonchev–Trinajstić information content (AvgIpc) is 2.49. The molecule has 0 aliphatic heterocycles. The third-order valence-electron chi connectivity index (χ3n) is 2.99. The monoisotopic (exact) mass is 418 g/mol. The normalized spacial score (nSPS) is 11.3. The van der Waals surface area contributed by atoms with Gasteiger partial charge in [-0.2, -0.15) is 8.42 Å². The van der Waals surface area contributed by atoms with Gasteiger partial charge in [0, 0.05) is 11.1 Å². The Bertz CT molecular complexity index is 806. The van der Waals surface area contributed by atoms with E-state index in [-0.39, 0.29) is 10.6 Å². The molecule has 2 aromatic carbocycles. The summed E-state index contributed by atoms with van der Waals surface area (Å²) in [5, 5.41) is 0.550. The molecule has 2 rings (SSSR count). The fourth-order valence-electron chi connectivity index (χ4n) is 1.81. The van der Waals surface area contributed by atoms with E-state index in [1.165, 1.54) is 18.2 Å². The molecule has 0 bridgehead atoms. The molecule has 7 heteroatoms. The number of hydrogen-bond donors (Lipinski definition) is 0. The summed E-state index contributed by atoms with van der Waals surface area (Å²) in [4.78, 5) is 0.0272. The lowest BCUT2D eigenvalue weighted by atomic mass is 10.2. The van der Waals surface area contributed by atoms with E-state index < -0.39 is 10.1 Å². The lowest BCUT2D eigenvalue weighted by Crippen LogP contribution is -2.10. The van der Waals surface area contributed by atoms with Crippen molar-refractivity contribution >= 4 is 37.6 Å². The van der Waals surface area contributed by atoms with E-state index in [9.17, 15) is 8.42 Å². The number of halogens is 2. The molecule has 0 spiro atoms. The summed E-state index contributed by atoms with van der Waals surface area (Å²) in [5.41, 5.74) is 0.738. The SMILES string of the molecule is CCCOc1cc(S(=O)(=O)Oc2ccc(Cl)c(C)c2)ccc1Br. The highest BCUT2D eigenvalue weighted by molar-refractivity contribution is 9.10. The highest BCUT2D eigenvalue weighted by atomic mass is 79.9. The highest BCUT2D eigenvalue weighted by Crippen LogP contribution is 2.30. The van der Waals surface area contributed by atoms with E-state index in [0.29, 0.717) is 21.9 Å². The van der Waals surface area contributed by atoms with Crippen LogP contribution in [0.5, 0.6) is 11.5 Å². The predicted molar refractivity (Wildman–Crippen MR) is 93.9 cm³/mol. The van der Waals surface area contributed by atoms with Gasteiger partial charge in [-0.3, -0.25) is 0 Å². The number of hydrogen-bond acceptors (Lipinski definition) is 4. The molecule has 0 saturated heterocycles. The van der Waals surface area contributed by atoms with Gasteiger partial charge in [0.25, 0.3) is 0 Å². The Morgan fingerprint density at radius 1 is 1.17 bits per heavy atom. The largest absolute Gasteiger partial charge is 0.492 e. The van der Waals surface area contributed by atoms with Crippen molar-refractivity contribution < 1.29 is 17.3 Å². The minimum absolute atomic E-state index is 0.0272. The first kappa shape index (κ1) is 18.1. The Morgan fingerprint density at radius 2 is 1.91 bits per heavy atom. The summed E-state index contributed by atoms with van der Waals surface area (Å²) in [5.74, 6) is 0.676. The quantitative estimate of drug-likeness (QED) is 0.620. The summed E-state index contributed by atoms with van der Waals surface area (Å²) in [6, 6.07) is 9.21. The zero-order valence-electron chi connectivity index (χ0n) is 12.7. The molecule has 0 atom stereocenters. The molecule has 0 fully saturated rings. The smallest absolute Gasteiger partial charge is 0.339 e.